The third-order valence-corrected chi connectivity index (χ3v) is 6.69. The average molecular weight is 357 g/mol. The summed E-state index contributed by atoms with van der Waals surface area (Å²) in [6.45, 7) is 4.96. The largest absolute Gasteiger partial charge is 0.379 e. The predicted molar refractivity (Wildman–Crippen MR) is 103 cm³/mol. The first-order valence-corrected chi connectivity index (χ1v) is 10.4. The van der Waals surface area contributed by atoms with Crippen LogP contribution < -0.4 is 5.32 Å². The van der Waals surface area contributed by atoms with Gasteiger partial charge in [-0.05, 0) is 68.5 Å². The van der Waals surface area contributed by atoms with Crippen LogP contribution in [0.3, 0.4) is 0 Å². The van der Waals surface area contributed by atoms with E-state index < -0.39 is 0 Å². The second-order valence-corrected chi connectivity index (χ2v) is 8.53. The van der Waals surface area contributed by atoms with E-state index in [4.69, 9.17) is 4.74 Å². The van der Waals surface area contributed by atoms with E-state index in [9.17, 15) is 4.79 Å². The summed E-state index contributed by atoms with van der Waals surface area (Å²) in [6, 6.07) is 11.0. The number of ether oxygens (including phenoxy) is 1. The van der Waals surface area contributed by atoms with Gasteiger partial charge in [0.15, 0.2) is 0 Å². The Hall–Kier alpha value is -1.39. The molecule has 0 unspecified atom stereocenters. The maximum absolute atomic E-state index is 12.3. The molecule has 1 amide bonds. The van der Waals surface area contributed by atoms with E-state index in [-0.39, 0.29) is 17.4 Å². The molecule has 1 atom stereocenters. The number of hydrogen-bond acceptors (Lipinski definition) is 3. The molecule has 0 bridgehead atoms. The number of amides is 1. The Balaban J connectivity index is 1.29. The van der Waals surface area contributed by atoms with Crippen LogP contribution in [0.2, 0.25) is 0 Å². The molecule has 26 heavy (non-hydrogen) atoms. The van der Waals surface area contributed by atoms with Gasteiger partial charge in [-0.1, -0.05) is 30.3 Å². The van der Waals surface area contributed by atoms with Gasteiger partial charge in [0.05, 0.1) is 12.6 Å². The van der Waals surface area contributed by atoms with Crippen LogP contribution in [0.25, 0.3) is 0 Å². The number of piperidine rings is 1. The molecule has 1 aromatic carbocycles. The van der Waals surface area contributed by atoms with E-state index in [1.807, 2.05) is 0 Å². The fourth-order valence-corrected chi connectivity index (χ4v) is 4.61. The first-order chi connectivity index (χ1) is 12.7. The number of rotatable bonds is 6. The van der Waals surface area contributed by atoms with Gasteiger partial charge in [0, 0.05) is 19.6 Å². The average Bonchev–Trinajstić information content (AvgIpc) is 3.48. The number of nitrogens with one attached hydrogen (secondary N) is 1. The molecule has 1 saturated carbocycles. The molecule has 1 aliphatic carbocycles. The van der Waals surface area contributed by atoms with Gasteiger partial charge in [-0.3, -0.25) is 4.79 Å². The number of benzene rings is 1. The summed E-state index contributed by atoms with van der Waals surface area (Å²) in [6.07, 6.45) is 7.76. The SMILES string of the molecule is O=C(CC1CC1)N[C@H]1COCCC12CCN(CCc1ccccc1)CC2. The maximum atomic E-state index is 12.3. The van der Waals surface area contributed by atoms with Crippen LogP contribution in [-0.4, -0.2) is 49.7 Å². The van der Waals surface area contributed by atoms with E-state index in [2.05, 4.69) is 40.5 Å². The van der Waals surface area contributed by atoms with Gasteiger partial charge in [0.25, 0.3) is 0 Å². The summed E-state index contributed by atoms with van der Waals surface area (Å²) in [5, 5.41) is 3.34. The number of carbonyl (C=O) groups excluding carboxylic acids is 1. The molecule has 3 fully saturated rings. The second kappa shape index (κ2) is 8.10. The molecule has 3 aliphatic rings. The highest BCUT2D eigenvalue weighted by Gasteiger charge is 2.44. The van der Waals surface area contributed by atoms with E-state index in [0.717, 1.165) is 45.5 Å². The summed E-state index contributed by atoms with van der Waals surface area (Å²) >= 11 is 0. The van der Waals surface area contributed by atoms with E-state index in [1.165, 1.54) is 31.2 Å². The van der Waals surface area contributed by atoms with E-state index >= 15 is 0 Å². The van der Waals surface area contributed by atoms with Crippen molar-refractivity contribution in [3.8, 4) is 0 Å². The van der Waals surface area contributed by atoms with Crippen molar-refractivity contribution in [2.45, 2.75) is 51.0 Å². The van der Waals surface area contributed by atoms with Crippen LogP contribution in [0.5, 0.6) is 0 Å². The van der Waals surface area contributed by atoms with Crippen molar-refractivity contribution in [1.29, 1.82) is 0 Å². The lowest BCUT2D eigenvalue weighted by Crippen LogP contribution is -2.57. The van der Waals surface area contributed by atoms with Gasteiger partial charge in [-0.15, -0.1) is 0 Å². The lowest BCUT2D eigenvalue weighted by Gasteiger charge is -2.49. The molecule has 1 aromatic rings. The molecular formula is C22H32N2O2. The van der Waals surface area contributed by atoms with Crippen LogP contribution in [0.4, 0.5) is 0 Å². The predicted octanol–water partition coefficient (Wildman–Crippen LogP) is 3.02. The highest BCUT2D eigenvalue weighted by Crippen LogP contribution is 2.41. The van der Waals surface area contributed by atoms with Gasteiger partial charge < -0.3 is 15.0 Å². The number of hydrogen-bond donors (Lipinski definition) is 1. The highest BCUT2D eigenvalue weighted by molar-refractivity contribution is 5.77. The van der Waals surface area contributed by atoms with Crippen LogP contribution in [-0.2, 0) is 16.0 Å². The van der Waals surface area contributed by atoms with Gasteiger partial charge in [-0.2, -0.15) is 0 Å². The Morgan fingerprint density at radius 1 is 1.15 bits per heavy atom. The normalized spacial score (nSPS) is 25.9. The summed E-state index contributed by atoms with van der Waals surface area (Å²) in [7, 11) is 0. The standard InChI is InChI=1S/C22H32N2O2/c25-21(16-19-6-7-19)23-20-17-26-15-11-22(20)9-13-24(14-10-22)12-8-18-4-2-1-3-5-18/h1-5,19-20H,6-17H2,(H,23,25)/t20-/m0/s1. The minimum atomic E-state index is 0.207. The quantitative estimate of drug-likeness (QED) is 0.852. The first kappa shape index (κ1) is 18.0. The number of likely N-dealkylation sites (tertiary alicyclic amines) is 1. The molecule has 0 aromatic heterocycles. The fraction of sp³-hybridized carbons (Fsp3) is 0.682. The highest BCUT2D eigenvalue weighted by atomic mass is 16.5. The first-order valence-electron chi connectivity index (χ1n) is 10.4. The van der Waals surface area contributed by atoms with Crippen molar-refractivity contribution in [1.82, 2.24) is 10.2 Å². The smallest absolute Gasteiger partial charge is 0.220 e. The maximum Gasteiger partial charge on any atom is 0.220 e. The van der Waals surface area contributed by atoms with Gasteiger partial charge >= 0.3 is 0 Å². The number of nitrogens with zero attached hydrogens (tertiary/aromatic N) is 1. The lowest BCUT2D eigenvalue weighted by atomic mass is 9.69. The zero-order chi connectivity index (χ0) is 17.8. The zero-order valence-electron chi connectivity index (χ0n) is 15.8. The fourth-order valence-electron chi connectivity index (χ4n) is 4.61. The molecule has 2 heterocycles. The van der Waals surface area contributed by atoms with Crippen LogP contribution in [0.1, 0.15) is 44.1 Å². The minimum absolute atomic E-state index is 0.207. The second-order valence-electron chi connectivity index (χ2n) is 8.53. The molecule has 4 rings (SSSR count). The van der Waals surface area contributed by atoms with Crippen molar-refractivity contribution in [2.75, 3.05) is 32.8 Å². The Kier molecular flexibility index (Phi) is 5.60. The Morgan fingerprint density at radius 3 is 2.65 bits per heavy atom. The van der Waals surface area contributed by atoms with Gasteiger partial charge in [-0.25, -0.2) is 0 Å². The molecule has 4 heteroatoms. The molecule has 1 spiro atoms. The summed E-state index contributed by atoms with van der Waals surface area (Å²) < 4.78 is 5.73. The van der Waals surface area contributed by atoms with E-state index in [1.54, 1.807) is 0 Å². The van der Waals surface area contributed by atoms with Crippen molar-refractivity contribution in [3.05, 3.63) is 35.9 Å². The molecule has 2 aliphatic heterocycles. The van der Waals surface area contributed by atoms with Crippen molar-refractivity contribution < 1.29 is 9.53 Å². The molecule has 1 N–H and O–H groups in total. The Labute approximate surface area is 157 Å². The Morgan fingerprint density at radius 2 is 1.92 bits per heavy atom. The molecule has 2 saturated heterocycles. The third kappa shape index (κ3) is 4.47. The summed E-state index contributed by atoms with van der Waals surface area (Å²) in [4.78, 5) is 14.9. The van der Waals surface area contributed by atoms with Crippen molar-refractivity contribution >= 4 is 5.91 Å². The van der Waals surface area contributed by atoms with Crippen molar-refractivity contribution in [3.63, 3.8) is 0 Å². The van der Waals surface area contributed by atoms with Gasteiger partial charge in [0.2, 0.25) is 5.91 Å². The topological polar surface area (TPSA) is 41.6 Å². The van der Waals surface area contributed by atoms with Crippen LogP contribution >= 0.6 is 0 Å². The molecule has 0 radical (unpaired) electrons. The monoisotopic (exact) mass is 356 g/mol. The number of carbonyl (C=O) groups is 1. The van der Waals surface area contributed by atoms with Crippen molar-refractivity contribution in [2.24, 2.45) is 11.3 Å². The molecule has 142 valence electrons. The van der Waals surface area contributed by atoms with Gasteiger partial charge in [0.1, 0.15) is 0 Å². The molecular weight excluding hydrogens is 324 g/mol. The summed E-state index contributed by atoms with van der Waals surface area (Å²) in [5.74, 6) is 0.893. The minimum Gasteiger partial charge on any atom is -0.379 e. The van der Waals surface area contributed by atoms with Crippen LogP contribution in [0.15, 0.2) is 30.3 Å². The zero-order valence-corrected chi connectivity index (χ0v) is 15.8. The Bertz CT molecular complexity index is 591. The third-order valence-electron chi connectivity index (χ3n) is 6.69. The summed E-state index contributed by atoms with van der Waals surface area (Å²) in [5.41, 5.74) is 1.67. The molecule has 4 nitrogen and oxygen atoms in total. The van der Waals surface area contributed by atoms with Crippen LogP contribution in [0, 0.1) is 11.3 Å². The van der Waals surface area contributed by atoms with E-state index in [0.29, 0.717) is 12.5 Å². The lowest BCUT2D eigenvalue weighted by molar-refractivity contribution is -0.127.